The highest BCUT2D eigenvalue weighted by Gasteiger charge is 2.19. The second-order valence-corrected chi connectivity index (χ2v) is 6.37. The maximum atomic E-state index is 5.69. The summed E-state index contributed by atoms with van der Waals surface area (Å²) in [4.78, 5) is 7.95. The molecule has 3 aromatic rings. The predicted octanol–water partition coefficient (Wildman–Crippen LogP) is 5.33. The first kappa shape index (κ1) is 16.1. The summed E-state index contributed by atoms with van der Waals surface area (Å²) in [5.41, 5.74) is 2.78. The minimum atomic E-state index is 0.394. The SMILES string of the molecule is C=CCOc1c(OC)cc(-c2nc3ccccc3[nH]2)c(Br)c1Br. The number of benzene rings is 2. The molecule has 0 radical (unpaired) electrons. The van der Waals surface area contributed by atoms with E-state index in [1.807, 2.05) is 30.3 Å². The van der Waals surface area contributed by atoms with Gasteiger partial charge in [-0.1, -0.05) is 24.8 Å². The van der Waals surface area contributed by atoms with Crippen molar-refractivity contribution < 1.29 is 9.47 Å². The lowest BCUT2D eigenvalue weighted by Crippen LogP contribution is -1.99. The Bertz CT molecular complexity index is 841. The van der Waals surface area contributed by atoms with Crippen LogP contribution in [0.15, 0.2) is 51.9 Å². The van der Waals surface area contributed by atoms with Crippen LogP contribution >= 0.6 is 31.9 Å². The monoisotopic (exact) mass is 436 g/mol. The quantitative estimate of drug-likeness (QED) is 0.549. The maximum Gasteiger partial charge on any atom is 0.176 e. The molecule has 0 aliphatic heterocycles. The fraction of sp³-hybridized carbons (Fsp3) is 0.118. The summed E-state index contributed by atoms with van der Waals surface area (Å²) in [6.45, 7) is 4.06. The van der Waals surface area contributed by atoms with E-state index >= 15 is 0 Å². The van der Waals surface area contributed by atoms with Gasteiger partial charge in [0.25, 0.3) is 0 Å². The number of halogens is 2. The molecule has 0 unspecified atom stereocenters. The third-order valence-corrected chi connectivity index (χ3v) is 5.45. The molecule has 0 atom stereocenters. The summed E-state index contributed by atoms with van der Waals surface area (Å²) in [5.74, 6) is 2.00. The topological polar surface area (TPSA) is 47.1 Å². The van der Waals surface area contributed by atoms with Crippen LogP contribution in [0.3, 0.4) is 0 Å². The van der Waals surface area contributed by atoms with E-state index in [0.29, 0.717) is 18.1 Å². The van der Waals surface area contributed by atoms with Crippen LogP contribution in [-0.2, 0) is 0 Å². The number of methoxy groups -OCH3 is 1. The lowest BCUT2D eigenvalue weighted by atomic mass is 10.2. The summed E-state index contributed by atoms with van der Waals surface area (Å²) < 4.78 is 12.8. The molecule has 2 aromatic carbocycles. The van der Waals surface area contributed by atoms with Crippen molar-refractivity contribution in [2.75, 3.05) is 13.7 Å². The highest BCUT2D eigenvalue weighted by atomic mass is 79.9. The number of aromatic nitrogens is 2. The van der Waals surface area contributed by atoms with E-state index in [9.17, 15) is 0 Å². The Morgan fingerprint density at radius 1 is 1.26 bits per heavy atom. The smallest absolute Gasteiger partial charge is 0.176 e. The molecular weight excluding hydrogens is 424 g/mol. The number of ether oxygens (including phenoxy) is 2. The van der Waals surface area contributed by atoms with Crippen LogP contribution in [0.2, 0.25) is 0 Å². The third-order valence-electron chi connectivity index (χ3n) is 3.34. The number of para-hydroxylation sites is 2. The molecule has 1 heterocycles. The zero-order valence-electron chi connectivity index (χ0n) is 12.4. The number of hydrogen-bond acceptors (Lipinski definition) is 3. The molecule has 6 heteroatoms. The zero-order valence-corrected chi connectivity index (χ0v) is 15.6. The number of rotatable bonds is 5. The molecule has 0 aliphatic rings. The molecule has 0 bridgehead atoms. The maximum absolute atomic E-state index is 5.69. The van der Waals surface area contributed by atoms with Crippen LogP contribution < -0.4 is 9.47 Å². The summed E-state index contributed by atoms with van der Waals surface area (Å²) in [7, 11) is 1.61. The number of H-pyrrole nitrogens is 1. The van der Waals surface area contributed by atoms with Crippen molar-refractivity contribution in [3.63, 3.8) is 0 Å². The van der Waals surface area contributed by atoms with Crippen LogP contribution in [0.4, 0.5) is 0 Å². The normalized spacial score (nSPS) is 10.7. The predicted molar refractivity (Wildman–Crippen MR) is 99.2 cm³/mol. The summed E-state index contributed by atoms with van der Waals surface area (Å²) in [6, 6.07) is 9.79. The standard InChI is InChI=1S/C17H14Br2N2O2/c1-3-8-23-16-13(22-2)9-10(14(18)15(16)19)17-20-11-6-4-5-7-12(11)21-17/h3-7,9H,1,8H2,2H3,(H,20,21). The van der Waals surface area contributed by atoms with Gasteiger partial charge in [0.15, 0.2) is 11.5 Å². The van der Waals surface area contributed by atoms with Crippen molar-refractivity contribution in [3.8, 4) is 22.9 Å². The molecule has 0 saturated heterocycles. The molecule has 0 saturated carbocycles. The van der Waals surface area contributed by atoms with Crippen LogP contribution in [0.5, 0.6) is 11.5 Å². The van der Waals surface area contributed by atoms with Gasteiger partial charge in [0.05, 0.1) is 22.6 Å². The second-order valence-electron chi connectivity index (χ2n) is 4.79. The number of fused-ring (bicyclic) bond motifs is 1. The van der Waals surface area contributed by atoms with Crippen LogP contribution in [0, 0.1) is 0 Å². The largest absolute Gasteiger partial charge is 0.493 e. The molecule has 118 valence electrons. The Labute approximate surface area is 150 Å². The van der Waals surface area contributed by atoms with Gasteiger partial charge in [-0.3, -0.25) is 0 Å². The van der Waals surface area contributed by atoms with E-state index in [1.165, 1.54) is 0 Å². The molecule has 0 aliphatic carbocycles. The fourth-order valence-electron chi connectivity index (χ4n) is 2.27. The van der Waals surface area contributed by atoms with Gasteiger partial charge in [-0.25, -0.2) is 4.98 Å². The molecule has 1 aromatic heterocycles. The van der Waals surface area contributed by atoms with Crippen molar-refractivity contribution in [1.82, 2.24) is 9.97 Å². The second kappa shape index (κ2) is 6.76. The number of nitrogens with zero attached hydrogens (tertiary/aromatic N) is 1. The van der Waals surface area contributed by atoms with Crippen molar-refractivity contribution in [2.24, 2.45) is 0 Å². The molecule has 1 N–H and O–H groups in total. The summed E-state index contributed by atoms with van der Waals surface area (Å²) in [5, 5.41) is 0. The lowest BCUT2D eigenvalue weighted by Gasteiger charge is -2.15. The molecular formula is C17H14Br2N2O2. The average molecular weight is 438 g/mol. The minimum Gasteiger partial charge on any atom is -0.493 e. The molecule has 23 heavy (non-hydrogen) atoms. The highest BCUT2D eigenvalue weighted by molar-refractivity contribution is 9.13. The van der Waals surface area contributed by atoms with Crippen LogP contribution in [0.25, 0.3) is 22.4 Å². The Hall–Kier alpha value is -1.79. The van der Waals surface area contributed by atoms with Gasteiger partial charge in [0.2, 0.25) is 0 Å². The van der Waals surface area contributed by atoms with Gasteiger partial charge < -0.3 is 14.5 Å². The van der Waals surface area contributed by atoms with Crippen molar-refractivity contribution in [2.45, 2.75) is 0 Å². The number of imidazole rings is 1. The van der Waals surface area contributed by atoms with Gasteiger partial charge in [0.1, 0.15) is 12.4 Å². The summed E-state index contributed by atoms with van der Waals surface area (Å²) >= 11 is 7.18. The van der Waals surface area contributed by atoms with Gasteiger partial charge in [-0.2, -0.15) is 0 Å². The lowest BCUT2D eigenvalue weighted by molar-refractivity contribution is 0.324. The van der Waals surface area contributed by atoms with Gasteiger partial charge in [0, 0.05) is 10.0 Å². The van der Waals surface area contributed by atoms with Gasteiger partial charge >= 0.3 is 0 Å². The van der Waals surface area contributed by atoms with E-state index < -0.39 is 0 Å². The van der Waals surface area contributed by atoms with Crippen molar-refractivity contribution >= 4 is 42.9 Å². The first-order chi connectivity index (χ1) is 11.2. The Morgan fingerprint density at radius 2 is 2.04 bits per heavy atom. The van der Waals surface area contributed by atoms with E-state index in [1.54, 1.807) is 13.2 Å². The van der Waals surface area contributed by atoms with Crippen molar-refractivity contribution in [3.05, 3.63) is 51.9 Å². The highest BCUT2D eigenvalue weighted by Crippen LogP contribution is 2.45. The Balaban J connectivity index is 2.15. The van der Waals surface area contributed by atoms with E-state index in [4.69, 9.17) is 9.47 Å². The van der Waals surface area contributed by atoms with E-state index in [2.05, 4.69) is 48.4 Å². The number of nitrogens with one attached hydrogen (secondary N) is 1. The van der Waals surface area contributed by atoms with Crippen molar-refractivity contribution in [1.29, 1.82) is 0 Å². The average Bonchev–Trinajstić information content (AvgIpc) is 2.99. The fourth-order valence-corrected chi connectivity index (χ4v) is 3.27. The molecule has 4 nitrogen and oxygen atoms in total. The van der Waals surface area contributed by atoms with Crippen LogP contribution in [-0.4, -0.2) is 23.7 Å². The molecule has 0 amide bonds. The Kier molecular flexibility index (Phi) is 4.73. The minimum absolute atomic E-state index is 0.394. The first-order valence-electron chi connectivity index (χ1n) is 6.90. The number of hydrogen-bond donors (Lipinski definition) is 1. The van der Waals surface area contributed by atoms with Gasteiger partial charge in [-0.05, 0) is 50.1 Å². The third kappa shape index (κ3) is 3.01. The molecule has 3 rings (SSSR count). The summed E-state index contributed by atoms with van der Waals surface area (Å²) in [6.07, 6.45) is 1.69. The van der Waals surface area contributed by atoms with E-state index in [-0.39, 0.29) is 0 Å². The molecule has 0 spiro atoms. The first-order valence-corrected chi connectivity index (χ1v) is 8.49. The van der Waals surface area contributed by atoms with Gasteiger partial charge in [-0.15, -0.1) is 0 Å². The van der Waals surface area contributed by atoms with E-state index in [0.717, 1.165) is 31.4 Å². The van der Waals surface area contributed by atoms with Crippen LogP contribution in [0.1, 0.15) is 0 Å². The number of aromatic amines is 1. The zero-order chi connectivity index (χ0) is 16.4. The Morgan fingerprint density at radius 3 is 2.74 bits per heavy atom. The molecule has 0 fully saturated rings.